The normalized spacial score (nSPS) is 10.5. The number of allylic oxidation sites excluding steroid dienone is 2. The molecule has 29 heavy (non-hydrogen) atoms. The fourth-order valence-electron chi connectivity index (χ4n) is 2.50. The van der Waals surface area contributed by atoms with Crippen LogP contribution < -0.4 is 19.9 Å². The van der Waals surface area contributed by atoms with Gasteiger partial charge in [-0.3, -0.25) is 10.2 Å². The Hall–Kier alpha value is -3.92. The minimum Gasteiger partial charge on any atom is -0.508 e. The Labute approximate surface area is 169 Å². The number of ketones is 1. The predicted molar refractivity (Wildman–Crippen MR) is 110 cm³/mol. The Kier molecular flexibility index (Phi) is 7.26. The van der Waals surface area contributed by atoms with Gasteiger partial charge in [-0.1, -0.05) is 17.9 Å². The highest BCUT2D eigenvalue weighted by atomic mass is 16.5. The number of benzene rings is 2. The van der Waals surface area contributed by atoms with E-state index in [2.05, 4.69) is 11.8 Å². The van der Waals surface area contributed by atoms with Gasteiger partial charge in [0.15, 0.2) is 11.5 Å². The molecule has 0 aliphatic rings. The molecule has 0 heterocycles. The first-order valence-corrected chi connectivity index (χ1v) is 8.56. The first-order chi connectivity index (χ1) is 13.9. The molecule has 2 aromatic carbocycles. The number of ether oxygens (including phenoxy) is 3. The minimum atomic E-state index is -0.548. The van der Waals surface area contributed by atoms with Gasteiger partial charge in [-0.15, -0.1) is 0 Å². The zero-order valence-electron chi connectivity index (χ0n) is 16.4. The van der Waals surface area contributed by atoms with Gasteiger partial charge < -0.3 is 25.1 Å². The molecule has 0 atom stereocenters. The SMILES string of the molecule is COc1cc(C(=O)C(=N)/C=C(\N)CC#Cc2cccc(O)c2)cc(OC)c1OC. The van der Waals surface area contributed by atoms with Gasteiger partial charge in [-0.05, 0) is 36.4 Å². The predicted octanol–water partition coefficient (Wildman–Crippen LogP) is 2.90. The standard InChI is InChI=1S/C22H22N2O5/c1-27-19-11-15(12-20(28-2)22(19)29-3)21(26)18(24)13-16(23)8-4-6-14-7-5-9-17(25)10-14/h5,7,9-13,24-25H,8,23H2,1-3H3/b16-13-,24-18?. The first-order valence-electron chi connectivity index (χ1n) is 8.56. The van der Waals surface area contributed by atoms with E-state index in [0.29, 0.717) is 22.8 Å². The van der Waals surface area contributed by atoms with Gasteiger partial charge in [0.25, 0.3) is 0 Å². The third kappa shape index (κ3) is 5.53. The molecule has 0 spiro atoms. The minimum absolute atomic E-state index is 0.123. The molecule has 0 amide bonds. The van der Waals surface area contributed by atoms with E-state index in [1.165, 1.54) is 45.6 Å². The van der Waals surface area contributed by atoms with Crippen LogP contribution in [0.4, 0.5) is 0 Å². The van der Waals surface area contributed by atoms with E-state index in [0.717, 1.165) is 0 Å². The fraction of sp³-hybridized carbons (Fsp3) is 0.182. The molecule has 0 saturated heterocycles. The van der Waals surface area contributed by atoms with E-state index in [9.17, 15) is 9.90 Å². The van der Waals surface area contributed by atoms with E-state index in [1.54, 1.807) is 18.2 Å². The molecule has 0 aliphatic carbocycles. The van der Waals surface area contributed by atoms with Gasteiger partial charge in [-0.2, -0.15) is 0 Å². The Morgan fingerprint density at radius 2 is 1.79 bits per heavy atom. The molecule has 150 valence electrons. The number of rotatable bonds is 7. The van der Waals surface area contributed by atoms with Crippen molar-refractivity contribution in [3.63, 3.8) is 0 Å². The molecule has 0 fully saturated rings. The van der Waals surface area contributed by atoms with Crippen molar-refractivity contribution in [2.45, 2.75) is 6.42 Å². The van der Waals surface area contributed by atoms with Crippen molar-refractivity contribution in [2.75, 3.05) is 21.3 Å². The van der Waals surface area contributed by atoms with Crippen LogP contribution in [0.1, 0.15) is 22.3 Å². The molecular formula is C22H22N2O5. The van der Waals surface area contributed by atoms with Crippen molar-refractivity contribution in [3.8, 4) is 34.8 Å². The molecule has 2 aromatic rings. The highest BCUT2D eigenvalue weighted by Gasteiger charge is 2.19. The van der Waals surface area contributed by atoms with E-state index in [4.69, 9.17) is 25.4 Å². The van der Waals surface area contributed by atoms with Gasteiger partial charge in [0.2, 0.25) is 11.5 Å². The van der Waals surface area contributed by atoms with Crippen LogP contribution in [-0.2, 0) is 0 Å². The van der Waals surface area contributed by atoms with Crippen LogP contribution in [-0.4, -0.2) is 37.9 Å². The Morgan fingerprint density at radius 3 is 2.34 bits per heavy atom. The average molecular weight is 394 g/mol. The number of methoxy groups -OCH3 is 3. The third-order valence-electron chi connectivity index (χ3n) is 3.87. The van der Waals surface area contributed by atoms with Crippen LogP contribution in [0, 0.1) is 17.3 Å². The lowest BCUT2D eigenvalue weighted by Crippen LogP contribution is -2.13. The van der Waals surface area contributed by atoms with Gasteiger partial charge >= 0.3 is 0 Å². The molecule has 0 aliphatic heterocycles. The van der Waals surface area contributed by atoms with Crippen LogP contribution in [0.15, 0.2) is 48.2 Å². The van der Waals surface area contributed by atoms with Crippen molar-refractivity contribution < 1.29 is 24.1 Å². The number of carbonyl (C=O) groups is 1. The summed E-state index contributed by atoms with van der Waals surface area (Å²) < 4.78 is 15.7. The summed E-state index contributed by atoms with van der Waals surface area (Å²) >= 11 is 0. The van der Waals surface area contributed by atoms with Crippen LogP contribution in [0.3, 0.4) is 0 Å². The summed E-state index contributed by atoms with van der Waals surface area (Å²) in [4.78, 5) is 12.6. The molecule has 0 aromatic heterocycles. The van der Waals surface area contributed by atoms with Crippen LogP contribution in [0.2, 0.25) is 0 Å². The highest BCUT2D eigenvalue weighted by Crippen LogP contribution is 2.38. The number of nitrogens with two attached hydrogens (primary N) is 1. The van der Waals surface area contributed by atoms with Crippen LogP contribution in [0.5, 0.6) is 23.0 Å². The number of Topliss-reactive ketones (excluding diaryl/α,β-unsaturated/α-hetero) is 1. The van der Waals surface area contributed by atoms with E-state index < -0.39 is 5.78 Å². The monoisotopic (exact) mass is 394 g/mol. The lowest BCUT2D eigenvalue weighted by Gasteiger charge is -2.13. The fourth-order valence-corrected chi connectivity index (χ4v) is 2.50. The van der Waals surface area contributed by atoms with Crippen LogP contribution in [0.25, 0.3) is 0 Å². The lowest BCUT2D eigenvalue weighted by molar-refractivity contribution is 0.106. The number of carbonyl (C=O) groups excluding carboxylic acids is 1. The number of aromatic hydroxyl groups is 1. The molecule has 0 unspecified atom stereocenters. The van der Waals surface area contributed by atoms with Crippen molar-refractivity contribution in [3.05, 3.63) is 59.3 Å². The zero-order valence-corrected chi connectivity index (χ0v) is 16.4. The summed E-state index contributed by atoms with van der Waals surface area (Å²) in [5.41, 5.74) is 6.71. The summed E-state index contributed by atoms with van der Waals surface area (Å²) in [5.74, 6) is 6.27. The molecule has 0 saturated carbocycles. The van der Waals surface area contributed by atoms with Gasteiger partial charge in [0, 0.05) is 23.2 Å². The lowest BCUT2D eigenvalue weighted by atomic mass is 10.0. The molecule has 7 heteroatoms. The zero-order chi connectivity index (χ0) is 21.4. The largest absolute Gasteiger partial charge is 0.508 e. The molecule has 7 nitrogen and oxygen atoms in total. The van der Waals surface area contributed by atoms with E-state index in [1.807, 2.05) is 0 Å². The topological polar surface area (TPSA) is 115 Å². The highest BCUT2D eigenvalue weighted by molar-refractivity contribution is 6.48. The molecular weight excluding hydrogens is 372 g/mol. The molecule has 2 rings (SSSR count). The number of hydrogen-bond donors (Lipinski definition) is 3. The Morgan fingerprint density at radius 1 is 1.14 bits per heavy atom. The first kappa shape index (κ1) is 21.4. The second kappa shape index (κ2) is 9.85. The third-order valence-corrected chi connectivity index (χ3v) is 3.87. The quantitative estimate of drug-likeness (QED) is 0.378. The van der Waals surface area contributed by atoms with Gasteiger partial charge in [0.05, 0.1) is 21.3 Å². The number of phenolic OH excluding ortho intramolecular Hbond substituents is 1. The second-order valence-electron chi connectivity index (χ2n) is 5.90. The summed E-state index contributed by atoms with van der Waals surface area (Å²) in [6.07, 6.45) is 1.43. The summed E-state index contributed by atoms with van der Waals surface area (Å²) in [6.45, 7) is 0. The number of phenols is 1. The maximum atomic E-state index is 12.6. The molecule has 0 radical (unpaired) electrons. The van der Waals surface area contributed by atoms with Gasteiger partial charge in [-0.25, -0.2) is 0 Å². The maximum absolute atomic E-state index is 12.6. The number of hydrogen-bond acceptors (Lipinski definition) is 7. The second-order valence-corrected chi connectivity index (χ2v) is 5.90. The smallest absolute Gasteiger partial charge is 0.210 e. The van der Waals surface area contributed by atoms with Crippen molar-refractivity contribution >= 4 is 11.5 Å². The van der Waals surface area contributed by atoms with Crippen molar-refractivity contribution in [1.82, 2.24) is 0 Å². The Bertz CT molecular complexity index is 990. The van der Waals surface area contributed by atoms with Crippen molar-refractivity contribution in [2.24, 2.45) is 5.73 Å². The average Bonchev–Trinajstić information content (AvgIpc) is 2.71. The molecule has 4 N–H and O–H groups in total. The van der Waals surface area contributed by atoms with E-state index >= 15 is 0 Å². The summed E-state index contributed by atoms with van der Waals surface area (Å²) in [5, 5.41) is 17.5. The molecule has 0 bridgehead atoms. The Balaban J connectivity index is 2.16. The summed E-state index contributed by atoms with van der Waals surface area (Å²) in [6, 6.07) is 9.47. The van der Waals surface area contributed by atoms with Gasteiger partial charge in [0.1, 0.15) is 11.5 Å². The maximum Gasteiger partial charge on any atom is 0.210 e. The van der Waals surface area contributed by atoms with Crippen LogP contribution >= 0.6 is 0 Å². The number of nitrogens with one attached hydrogen (secondary N) is 1. The van der Waals surface area contributed by atoms with E-state index in [-0.39, 0.29) is 29.1 Å². The summed E-state index contributed by atoms with van der Waals surface area (Å²) in [7, 11) is 4.35. The van der Waals surface area contributed by atoms with Crippen molar-refractivity contribution in [1.29, 1.82) is 5.41 Å².